The van der Waals surface area contributed by atoms with E-state index in [1.165, 1.54) is 18.2 Å². The van der Waals surface area contributed by atoms with Crippen LogP contribution in [0.4, 0.5) is 5.69 Å². The molecule has 1 atom stereocenters. The predicted octanol–water partition coefficient (Wildman–Crippen LogP) is 2.37. The van der Waals surface area contributed by atoms with Crippen LogP contribution >= 0.6 is 0 Å². The van der Waals surface area contributed by atoms with Gasteiger partial charge in [-0.05, 0) is 36.8 Å². The molecule has 0 saturated carbocycles. The fourth-order valence-electron chi connectivity index (χ4n) is 1.78. The van der Waals surface area contributed by atoms with Gasteiger partial charge in [-0.25, -0.2) is 0 Å². The zero-order chi connectivity index (χ0) is 14.7. The van der Waals surface area contributed by atoms with Gasteiger partial charge in [0.2, 0.25) is 0 Å². The third kappa shape index (κ3) is 2.89. The minimum atomic E-state index is -0.494. The van der Waals surface area contributed by atoms with Crippen LogP contribution in [0.2, 0.25) is 0 Å². The van der Waals surface area contributed by atoms with Gasteiger partial charge in [-0.2, -0.15) is 0 Å². The summed E-state index contributed by atoms with van der Waals surface area (Å²) in [6.45, 7) is 1.87. The second-order valence-corrected chi connectivity index (χ2v) is 4.54. The van der Waals surface area contributed by atoms with E-state index in [4.69, 9.17) is 5.73 Å². The molecule has 5 nitrogen and oxygen atoms in total. The van der Waals surface area contributed by atoms with Gasteiger partial charge < -0.3 is 21.3 Å². The van der Waals surface area contributed by atoms with Gasteiger partial charge >= 0.3 is 0 Å². The van der Waals surface area contributed by atoms with Crippen molar-refractivity contribution in [3.8, 4) is 11.5 Å². The fourth-order valence-corrected chi connectivity index (χ4v) is 1.78. The molecule has 0 heterocycles. The lowest BCUT2D eigenvalue weighted by atomic mass is 10.1. The van der Waals surface area contributed by atoms with Crippen molar-refractivity contribution >= 4 is 11.6 Å². The number of amides is 1. The van der Waals surface area contributed by atoms with E-state index in [0.717, 1.165) is 5.56 Å². The quantitative estimate of drug-likeness (QED) is 0.645. The number of anilines is 1. The van der Waals surface area contributed by atoms with E-state index < -0.39 is 11.7 Å². The number of phenols is 2. The highest BCUT2D eigenvalue weighted by Gasteiger charge is 2.14. The highest BCUT2D eigenvalue weighted by atomic mass is 16.3. The van der Waals surface area contributed by atoms with E-state index in [-0.39, 0.29) is 17.4 Å². The van der Waals surface area contributed by atoms with Crippen LogP contribution in [0.25, 0.3) is 0 Å². The lowest BCUT2D eigenvalue weighted by Crippen LogP contribution is -2.12. The first-order valence-electron chi connectivity index (χ1n) is 6.17. The summed E-state index contributed by atoms with van der Waals surface area (Å²) >= 11 is 0. The van der Waals surface area contributed by atoms with Gasteiger partial charge in [0.1, 0.15) is 0 Å². The first kappa shape index (κ1) is 13.9. The SMILES string of the molecule is CC(N)c1ccc(NC(=O)c2cccc(O)c2O)cc1. The Balaban J connectivity index is 2.17. The van der Waals surface area contributed by atoms with Crippen LogP contribution in [0.1, 0.15) is 28.9 Å². The number of hydrogen-bond acceptors (Lipinski definition) is 4. The number of rotatable bonds is 3. The molecule has 2 aromatic rings. The molecule has 0 radical (unpaired) electrons. The average molecular weight is 272 g/mol. The molecule has 5 N–H and O–H groups in total. The Morgan fingerprint density at radius 2 is 1.80 bits per heavy atom. The minimum absolute atomic E-state index is 0.0151. The molecule has 2 rings (SSSR count). The second kappa shape index (κ2) is 5.63. The molecule has 0 spiro atoms. The van der Waals surface area contributed by atoms with Gasteiger partial charge in [0, 0.05) is 11.7 Å². The molecular weight excluding hydrogens is 256 g/mol. The molecule has 0 fully saturated rings. The number of para-hydroxylation sites is 1. The van der Waals surface area contributed by atoms with E-state index >= 15 is 0 Å². The summed E-state index contributed by atoms with van der Waals surface area (Å²) in [7, 11) is 0. The molecule has 1 amide bonds. The van der Waals surface area contributed by atoms with Crippen molar-refractivity contribution in [1.29, 1.82) is 0 Å². The van der Waals surface area contributed by atoms with Crippen LogP contribution in [-0.2, 0) is 0 Å². The molecule has 5 heteroatoms. The van der Waals surface area contributed by atoms with Crippen molar-refractivity contribution in [3.63, 3.8) is 0 Å². The van der Waals surface area contributed by atoms with E-state index in [1.54, 1.807) is 12.1 Å². The maximum absolute atomic E-state index is 12.0. The molecular formula is C15H16N2O3. The normalized spacial score (nSPS) is 11.9. The molecule has 0 aliphatic rings. The van der Waals surface area contributed by atoms with Crippen molar-refractivity contribution in [2.75, 3.05) is 5.32 Å². The molecule has 2 aromatic carbocycles. The Labute approximate surface area is 116 Å². The molecule has 1 unspecified atom stereocenters. The van der Waals surface area contributed by atoms with Crippen LogP contribution in [0.3, 0.4) is 0 Å². The Kier molecular flexibility index (Phi) is 3.91. The Morgan fingerprint density at radius 1 is 1.15 bits per heavy atom. The van der Waals surface area contributed by atoms with Crippen LogP contribution in [-0.4, -0.2) is 16.1 Å². The third-order valence-electron chi connectivity index (χ3n) is 2.95. The Bertz CT molecular complexity index is 622. The first-order valence-corrected chi connectivity index (χ1v) is 6.17. The summed E-state index contributed by atoms with van der Waals surface area (Å²) in [4.78, 5) is 12.0. The van der Waals surface area contributed by atoms with Gasteiger partial charge in [-0.3, -0.25) is 4.79 Å². The zero-order valence-electron chi connectivity index (χ0n) is 11.0. The van der Waals surface area contributed by atoms with Crippen LogP contribution in [0.5, 0.6) is 11.5 Å². The maximum Gasteiger partial charge on any atom is 0.259 e. The summed E-state index contributed by atoms with van der Waals surface area (Å²) in [5.74, 6) is -1.26. The third-order valence-corrected chi connectivity index (χ3v) is 2.95. The van der Waals surface area contributed by atoms with Crippen LogP contribution in [0.15, 0.2) is 42.5 Å². The summed E-state index contributed by atoms with van der Waals surface area (Å²) in [5.41, 5.74) is 7.31. The number of carbonyl (C=O) groups is 1. The summed E-state index contributed by atoms with van der Waals surface area (Å²) in [6, 6.07) is 11.3. The number of hydrogen-bond donors (Lipinski definition) is 4. The lowest BCUT2D eigenvalue weighted by Gasteiger charge is -2.09. The molecule has 20 heavy (non-hydrogen) atoms. The minimum Gasteiger partial charge on any atom is -0.504 e. The number of nitrogens with two attached hydrogens (primary N) is 1. The standard InChI is InChI=1S/C15H16N2O3/c1-9(16)10-5-7-11(8-6-10)17-15(20)12-3-2-4-13(18)14(12)19/h2-9,18-19H,16H2,1H3,(H,17,20). The van der Waals surface area contributed by atoms with E-state index in [2.05, 4.69) is 5.32 Å². The van der Waals surface area contributed by atoms with Crippen molar-refractivity contribution in [2.45, 2.75) is 13.0 Å². The summed E-state index contributed by atoms with van der Waals surface area (Å²) in [5, 5.41) is 21.6. The average Bonchev–Trinajstić information content (AvgIpc) is 2.42. The van der Waals surface area contributed by atoms with Crippen molar-refractivity contribution in [3.05, 3.63) is 53.6 Å². The van der Waals surface area contributed by atoms with Crippen LogP contribution in [0, 0.1) is 0 Å². The van der Waals surface area contributed by atoms with E-state index in [9.17, 15) is 15.0 Å². The van der Waals surface area contributed by atoms with Gasteiger partial charge in [0.25, 0.3) is 5.91 Å². The highest BCUT2D eigenvalue weighted by molar-refractivity contribution is 6.06. The first-order chi connectivity index (χ1) is 9.49. The molecule has 0 aliphatic carbocycles. The summed E-state index contributed by atoms with van der Waals surface area (Å²) in [6.07, 6.45) is 0. The number of phenolic OH excluding ortho intramolecular Hbond substituents is 2. The second-order valence-electron chi connectivity index (χ2n) is 4.54. The number of aromatic hydroxyl groups is 2. The number of benzene rings is 2. The predicted molar refractivity (Wildman–Crippen MR) is 76.8 cm³/mol. The van der Waals surface area contributed by atoms with Gasteiger partial charge in [0.15, 0.2) is 11.5 Å². The zero-order valence-corrected chi connectivity index (χ0v) is 11.0. The number of carbonyl (C=O) groups excluding carboxylic acids is 1. The summed E-state index contributed by atoms with van der Waals surface area (Å²) < 4.78 is 0. The monoisotopic (exact) mass is 272 g/mol. The largest absolute Gasteiger partial charge is 0.504 e. The van der Waals surface area contributed by atoms with Crippen LogP contribution < -0.4 is 11.1 Å². The van der Waals surface area contributed by atoms with E-state index in [0.29, 0.717) is 5.69 Å². The Hall–Kier alpha value is -2.53. The lowest BCUT2D eigenvalue weighted by molar-refractivity contribution is 0.102. The van der Waals surface area contributed by atoms with Crippen molar-refractivity contribution in [1.82, 2.24) is 0 Å². The highest BCUT2D eigenvalue weighted by Crippen LogP contribution is 2.28. The molecule has 0 bridgehead atoms. The van der Waals surface area contributed by atoms with E-state index in [1.807, 2.05) is 19.1 Å². The van der Waals surface area contributed by atoms with Crippen molar-refractivity contribution < 1.29 is 15.0 Å². The topological polar surface area (TPSA) is 95.6 Å². The van der Waals surface area contributed by atoms with Gasteiger partial charge in [0.05, 0.1) is 5.56 Å². The number of nitrogens with one attached hydrogen (secondary N) is 1. The van der Waals surface area contributed by atoms with Crippen molar-refractivity contribution in [2.24, 2.45) is 5.73 Å². The van der Waals surface area contributed by atoms with Gasteiger partial charge in [-0.1, -0.05) is 18.2 Å². The maximum atomic E-state index is 12.0. The fraction of sp³-hybridized carbons (Fsp3) is 0.133. The molecule has 104 valence electrons. The molecule has 0 saturated heterocycles. The Morgan fingerprint density at radius 3 is 2.40 bits per heavy atom. The smallest absolute Gasteiger partial charge is 0.259 e. The molecule has 0 aromatic heterocycles. The van der Waals surface area contributed by atoms with Gasteiger partial charge in [-0.15, -0.1) is 0 Å². The molecule has 0 aliphatic heterocycles.